The van der Waals surface area contributed by atoms with Crippen LogP contribution in [-0.4, -0.2) is 42.4 Å². The molecule has 0 spiro atoms. The van der Waals surface area contributed by atoms with E-state index in [0.29, 0.717) is 5.69 Å². The molecule has 3 heterocycles. The molecule has 0 saturated carbocycles. The normalized spacial score (nSPS) is 16.7. The number of nitrogens with one attached hydrogen (secondary N) is 2. The SMILES string of the molecule is O=C1CCN(CC(=O)Nc2ccc(N3CCc4sccc4C3)cc2)C(=O)N1. The van der Waals surface area contributed by atoms with E-state index in [-0.39, 0.29) is 31.3 Å². The molecule has 27 heavy (non-hydrogen) atoms. The van der Waals surface area contributed by atoms with Gasteiger partial charge in [0.05, 0.1) is 0 Å². The quantitative estimate of drug-likeness (QED) is 0.847. The summed E-state index contributed by atoms with van der Waals surface area (Å²) in [5.41, 5.74) is 3.20. The van der Waals surface area contributed by atoms with Crippen LogP contribution >= 0.6 is 11.3 Å². The average Bonchev–Trinajstić information content (AvgIpc) is 3.12. The highest BCUT2D eigenvalue weighted by atomic mass is 32.1. The van der Waals surface area contributed by atoms with Crippen LogP contribution in [0.4, 0.5) is 16.2 Å². The van der Waals surface area contributed by atoms with Gasteiger partial charge in [0.25, 0.3) is 0 Å². The van der Waals surface area contributed by atoms with Gasteiger partial charge >= 0.3 is 6.03 Å². The number of anilines is 2. The molecule has 0 bridgehead atoms. The second kappa shape index (κ2) is 7.40. The Labute approximate surface area is 161 Å². The molecule has 2 aliphatic rings. The van der Waals surface area contributed by atoms with Crippen molar-refractivity contribution in [3.8, 4) is 0 Å². The van der Waals surface area contributed by atoms with Gasteiger partial charge in [-0.05, 0) is 47.7 Å². The number of amides is 4. The standard InChI is InChI=1S/C19H20N4O3S/c24-17-6-9-23(19(26)21-17)12-18(25)20-14-1-3-15(4-2-14)22-8-5-16-13(11-22)7-10-27-16/h1-4,7,10H,5-6,8-9,11-12H2,(H,20,25)(H,21,24,26). The highest BCUT2D eigenvalue weighted by Gasteiger charge is 2.24. The first-order chi connectivity index (χ1) is 13.1. The van der Waals surface area contributed by atoms with Crippen molar-refractivity contribution < 1.29 is 14.4 Å². The lowest BCUT2D eigenvalue weighted by atomic mass is 10.1. The van der Waals surface area contributed by atoms with E-state index in [2.05, 4.69) is 27.0 Å². The lowest BCUT2D eigenvalue weighted by molar-refractivity contribution is -0.123. The van der Waals surface area contributed by atoms with Crippen molar-refractivity contribution >= 4 is 40.6 Å². The van der Waals surface area contributed by atoms with Gasteiger partial charge in [0, 0.05) is 42.3 Å². The third-order valence-corrected chi connectivity index (χ3v) is 5.82. The Hall–Kier alpha value is -2.87. The molecule has 1 saturated heterocycles. The topological polar surface area (TPSA) is 81.8 Å². The molecule has 1 fully saturated rings. The van der Waals surface area contributed by atoms with Crippen LogP contribution in [0.2, 0.25) is 0 Å². The van der Waals surface area contributed by atoms with Gasteiger partial charge in [0.1, 0.15) is 6.54 Å². The fourth-order valence-corrected chi connectivity index (χ4v) is 4.24. The smallest absolute Gasteiger partial charge is 0.324 e. The first-order valence-corrected chi connectivity index (χ1v) is 9.75. The van der Waals surface area contributed by atoms with Crippen molar-refractivity contribution in [2.45, 2.75) is 19.4 Å². The first-order valence-electron chi connectivity index (χ1n) is 8.87. The number of imide groups is 1. The molecule has 140 valence electrons. The Bertz CT molecular complexity index is 877. The molecule has 1 aromatic carbocycles. The van der Waals surface area contributed by atoms with Crippen molar-refractivity contribution in [3.63, 3.8) is 0 Å². The molecule has 2 N–H and O–H groups in total. The fraction of sp³-hybridized carbons (Fsp3) is 0.316. The number of fused-ring (bicyclic) bond motifs is 1. The summed E-state index contributed by atoms with van der Waals surface area (Å²) in [7, 11) is 0. The van der Waals surface area contributed by atoms with Gasteiger partial charge in [-0.1, -0.05) is 0 Å². The van der Waals surface area contributed by atoms with Gasteiger partial charge in [0.15, 0.2) is 0 Å². The van der Waals surface area contributed by atoms with Crippen LogP contribution in [0.25, 0.3) is 0 Å². The van der Waals surface area contributed by atoms with E-state index >= 15 is 0 Å². The molecule has 1 aromatic heterocycles. The Morgan fingerprint density at radius 3 is 2.70 bits per heavy atom. The van der Waals surface area contributed by atoms with Crippen LogP contribution in [0.3, 0.4) is 0 Å². The van der Waals surface area contributed by atoms with E-state index in [9.17, 15) is 14.4 Å². The molecular formula is C19H20N4O3S. The van der Waals surface area contributed by atoms with Crippen molar-refractivity contribution in [1.29, 1.82) is 0 Å². The molecular weight excluding hydrogens is 364 g/mol. The van der Waals surface area contributed by atoms with Crippen molar-refractivity contribution in [2.75, 3.05) is 29.9 Å². The van der Waals surface area contributed by atoms with Gasteiger partial charge in [-0.3, -0.25) is 14.9 Å². The maximum absolute atomic E-state index is 12.2. The second-order valence-corrected chi connectivity index (χ2v) is 7.66. The Balaban J connectivity index is 1.33. The van der Waals surface area contributed by atoms with E-state index in [0.717, 1.165) is 25.2 Å². The number of hydrogen-bond acceptors (Lipinski definition) is 5. The van der Waals surface area contributed by atoms with Crippen LogP contribution in [0, 0.1) is 0 Å². The summed E-state index contributed by atoms with van der Waals surface area (Å²) >= 11 is 1.82. The van der Waals surface area contributed by atoms with Crippen LogP contribution in [0.5, 0.6) is 0 Å². The summed E-state index contributed by atoms with van der Waals surface area (Å²) in [6.07, 6.45) is 1.28. The van der Waals surface area contributed by atoms with Gasteiger partial charge in [-0.2, -0.15) is 0 Å². The average molecular weight is 384 g/mol. The number of carbonyl (C=O) groups is 3. The minimum Gasteiger partial charge on any atom is -0.367 e. The zero-order valence-corrected chi connectivity index (χ0v) is 15.6. The van der Waals surface area contributed by atoms with Crippen LogP contribution < -0.4 is 15.5 Å². The number of benzene rings is 1. The maximum atomic E-state index is 12.2. The predicted octanol–water partition coefficient (Wildman–Crippen LogP) is 2.19. The van der Waals surface area contributed by atoms with Crippen LogP contribution in [0.1, 0.15) is 16.9 Å². The van der Waals surface area contributed by atoms with Gasteiger partial charge in [-0.25, -0.2) is 4.79 Å². The molecule has 0 radical (unpaired) electrons. The highest BCUT2D eigenvalue weighted by Crippen LogP contribution is 2.28. The zero-order chi connectivity index (χ0) is 18.8. The van der Waals surface area contributed by atoms with E-state index in [1.165, 1.54) is 15.3 Å². The maximum Gasteiger partial charge on any atom is 0.324 e. The number of carbonyl (C=O) groups excluding carboxylic acids is 3. The monoisotopic (exact) mass is 384 g/mol. The molecule has 0 unspecified atom stereocenters. The van der Waals surface area contributed by atoms with Crippen LogP contribution in [-0.2, 0) is 22.6 Å². The summed E-state index contributed by atoms with van der Waals surface area (Å²) in [4.78, 5) is 40.1. The molecule has 4 amide bonds. The zero-order valence-electron chi connectivity index (χ0n) is 14.7. The van der Waals surface area contributed by atoms with E-state index < -0.39 is 6.03 Å². The van der Waals surface area contributed by atoms with Gasteiger partial charge < -0.3 is 15.1 Å². The molecule has 4 rings (SSSR count). The van der Waals surface area contributed by atoms with E-state index in [4.69, 9.17) is 0 Å². The number of nitrogens with zero attached hydrogens (tertiary/aromatic N) is 2. The third kappa shape index (κ3) is 3.95. The lowest BCUT2D eigenvalue weighted by Gasteiger charge is -2.29. The largest absolute Gasteiger partial charge is 0.367 e. The molecule has 7 nitrogen and oxygen atoms in total. The summed E-state index contributed by atoms with van der Waals surface area (Å²) < 4.78 is 0. The number of rotatable bonds is 4. The van der Waals surface area contributed by atoms with Gasteiger partial charge in [0.2, 0.25) is 11.8 Å². The summed E-state index contributed by atoms with van der Waals surface area (Å²) in [5.74, 6) is -0.590. The van der Waals surface area contributed by atoms with E-state index in [1.807, 2.05) is 35.6 Å². The number of thiophene rings is 1. The van der Waals surface area contributed by atoms with Gasteiger partial charge in [-0.15, -0.1) is 11.3 Å². The van der Waals surface area contributed by atoms with E-state index in [1.54, 1.807) is 0 Å². The molecule has 2 aliphatic heterocycles. The Morgan fingerprint density at radius 2 is 1.93 bits per heavy atom. The Morgan fingerprint density at radius 1 is 1.11 bits per heavy atom. The minimum absolute atomic E-state index is 0.0755. The van der Waals surface area contributed by atoms with Crippen LogP contribution in [0.15, 0.2) is 35.7 Å². The number of hydrogen-bond donors (Lipinski definition) is 2. The summed E-state index contributed by atoms with van der Waals surface area (Å²) in [6, 6.07) is 9.41. The molecule has 0 aliphatic carbocycles. The second-order valence-electron chi connectivity index (χ2n) is 6.66. The lowest BCUT2D eigenvalue weighted by Crippen LogP contribution is -2.51. The molecule has 2 aromatic rings. The predicted molar refractivity (Wildman–Crippen MR) is 104 cm³/mol. The minimum atomic E-state index is -0.519. The van der Waals surface area contributed by atoms with Crippen molar-refractivity contribution in [1.82, 2.24) is 10.2 Å². The molecule has 8 heteroatoms. The summed E-state index contributed by atoms with van der Waals surface area (Å²) in [5, 5.41) is 7.16. The fourth-order valence-electron chi connectivity index (χ4n) is 3.35. The first kappa shape index (κ1) is 17.5. The molecule has 0 atom stereocenters. The van der Waals surface area contributed by atoms with Crippen molar-refractivity contribution in [2.24, 2.45) is 0 Å². The number of urea groups is 1. The highest BCUT2D eigenvalue weighted by molar-refractivity contribution is 7.10. The third-order valence-electron chi connectivity index (χ3n) is 4.80. The Kier molecular flexibility index (Phi) is 4.81. The summed E-state index contributed by atoms with van der Waals surface area (Å²) in [6.45, 7) is 2.08. The van der Waals surface area contributed by atoms with Crippen molar-refractivity contribution in [3.05, 3.63) is 46.2 Å².